The lowest BCUT2D eigenvalue weighted by molar-refractivity contribution is 0.143. The van der Waals surface area contributed by atoms with E-state index in [9.17, 15) is 13.2 Å². The molecular formula is C17H22N4O3S. The second-order valence-electron chi connectivity index (χ2n) is 7.18. The van der Waals surface area contributed by atoms with Crippen LogP contribution in [0.3, 0.4) is 0 Å². The van der Waals surface area contributed by atoms with E-state index in [1.54, 1.807) is 0 Å². The van der Waals surface area contributed by atoms with Gasteiger partial charge in [0.1, 0.15) is 5.37 Å². The predicted molar refractivity (Wildman–Crippen MR) is 95.8 cm³/mol. The van der Waals surface area contributed by atoms with Crippen molar-refractivity contribution in [3.8, 4) is 0 Å². The summed E-state index contributed by atoms with van der Waals surface area (Å²) in [5, 5.41) is 3.67. The van der Waals surface area contributed by atoms with E-state index >= 15 is 0 Å². The maximum atomic E-state index is 12.4. The van der Waals surface area contributed by atoms with Crippen LogP contribution in [0.1, 0.15) is 24.1 Å². The van der Waals surface area contributed by atoms with Crippen LogP contribution >= 0.6 is 0 Å². The number of hydrogen-bond donors (Lipinski definition) is 3. The molecule has 1 spiro atoms. The van der Waals surface area contributed by atoms with Gasteiger partial charge in [0.05, 0.1) is 0 Å². The van der Waals surface area contributed by atoms with Crippen LogP contribution in [0.25, 0.3) is 10.9 Å². The van der Waals surface area contributed by atoms with Gasteiger partial charge in [-0.15, -0.1) is 0 Å². The van der Waals surface area contributed by atoms with Crippen LogP contribution in [-0.2, 0) is 21.8 Å². The first-order valence-electron chi connectivity index (χ1n) is 8.38. The number of urea groups is 1. The summed E-state index contributed by atoms with van der Waals surface area (Å²) in [5.74, 6) is 0. The number of nitrogens with one attached hydrogen (secondary N) is 2. The Balaban J connectivity index is 1.86. The number of nitrogens with zero attached hydrogens (tertiary/aromatic N) is 1. The fourth-order valence-electron chi connectivity index (χ4n) is 4.50. The van der Waals surface area contributed by atoms with Gasteiger partial charge in [0.15, 0.2) is 9.84 Å². The molecule has 2 atom stereocenters. The number of aromatic amines is 1. The molecule has 4 N–H and O–H groups in total. The smallest absolute Gasteiger partial charge is 0.315 e. The molecule has 25 heavy (non-hydrogen) atoms. The van der Waals surface area contributed by atoms with Crippen molar-refractivity contribution in [1.82, 2.24) is 15.2 Å². The highest BCUT2D eigenvalue weighted by Crippen LogP contribution is 2.45. The third-order valence-corrected chi connectivity index (χ3v) is 7.01. The number of fused-ring (bicyclic) bond motifs is 4. The van der Waals surface area contributed by atoms with Crippen molar-refractivity contribution in [1.29, 1.82) is 0 Å². The predicted octanol–water partition coefficient (Wildman–Crippen LogP) is 1.05. The van der Waals surface area contributed by atoms with E-state index < -0.39 is 21.2 Å². The van der Waals surface area contributed by atoms with E-state index in [2.05, 4.69) is 16.4 Å². The highest BCUT2D eigenvalue weighted by molar-refractivity contribution is 7.91. The minimum atomic E-state index is -3.45. The number of H-pyrrole nitrogens is 1. The second kappa shape index (κ2) is 5.47. The first-order chi connectivity index (χ1) is 11.8. The van der Waals surface area contributed by atoms with Gasteiger partial charge in [0, 0.05) is 47.9 Å². The molecule has 0 aliphatic carbocycles. The molecule has 2 amide bonds. The molecule has 0 radical (unpaired) electrons. The summed E-state index contributed by atoms with van der Waals surface area (Å²) in [6.07, 6.45) is 2.22. The molecule has 0 bridgehead atoms. The number of primary amides is 1. The van der Waals surface area contributed by atoms with Crippen LogP contribution in [0.15, 0.2) is 24.3 Å². The largest absolute Gasteiger partial charge is 0.357 e. The molecule has 2 aliphatic heterocycles. The topological polar surface area (TPSA) is 108 Å². The van der Waals surface area contributed by atoms with Gasteiger partial charge >= 0.3 is 6.03 Å². The third kappa shape index (κ3) is 2.51. The fraction of sp³-hybridized carbons (Fsp3) is 0.471. The molecule has 1 fully saturated rings. The number of hydrogen-bond acceptors (Lipinski definition) is 4. The average molecular weight is 362 g/mol. The molecule has 1 aromatic heterocycles. The van der Waals surface area contributed by atoms with Gasteiger partial charge in [-0.05, 0) is 24.5 Å². The molecule has 7 nitrogen and oxygen atoms in total. The lowest BCUT2D eigenvalue weighted by Gasteiger charge is -2.47. The number of benzene rings is 1. The average Bonchev–Trinajstić information content (AvgIpc) is 2.94. The summed E-state index contributed by atoms with van der Waals surface area (Å²) < 4.78 is 24.7. The van der Waals surface area contributed by atoms with Crippen LogP contribution < -0.4 is 11.1 Å². The van der Waals surface area contributed by atoms with Crippen molar-refractivity contribution in [2.45, 2.75) is 30.2 Å². The van der Waals surface area contributed by atoms with E-state index in [0.29, 0.717) is 25.9 Å². The SMILES string of the molecule is CS(=O)(=O)C1CC2(CCN1C(N)=O)CNCc1[nH]c3ccccc3c12. The number of amides is 2. The van der Waals surface area contributed by atoms with Crippen LogP contribution in [0, 0.1) is 0 Å². The van der Waals surface area contributed by atoms with Crippen molar-refractivity contribution in [3.63, 3.8) is 0 Å². The number of carbonyl (C=O) groups is 1. The molecule has 3 heterocycles. The molecular weight excluding hydrogens is 340 g/mol. The van der Waals surface area contributed by atoms with E-state index in [1.165, 1.54) is 16.7 Å². The van der Waals surface area contributed by atoms with Crippen LogP contribution in [-0.4, -0.2) is 49.1 Å². The van der Waals surface area contributed by atoms with E-state index in [-0.39, 0.29) is 5.41 Å². The molecule has 4 rings (SSSR count). The van der Waals surface area contributed by atoms with Gasteiger partial charge in [-0.1, -0.05) is 18.2 Å². The van der Waals surface area contributed by atoms with E-state index in [0.717, 1.165) is 23.1 Å². The Morgan fingerprint density at radius 2 is 2.12 bits per heavy atom. The van der Waals surface area contributed by atoms with E-state index in [1.807, 2.05) is 18.2 Å². The normalized spacial score (nSPS) is 26.8. The van der Waals surface area contributed by atoms with Gasteiger partial charge in [0.25, 0.3) is 0 Å². The van der Waals surface area contributed by atoms with Crippen molar-refractivity contribution in [2.24, 2.45) is 5.73 Å². The second-order valence-corrected chi connectivity index (χ2v) is 9.38. The number of aromatic nitrogens is 1. The fourth-order valence-corrected chi connectivity index (χ4v) is 5.79. The monoisotopic (exact) mass is 362 g/mol. The number of nitrogens with two attached hydrogens (primary N) is 1. The van der Waals surface area contributed by atoms with Crippen molar-refractivity contribution in [2.75, 3.05) is 19.3 Å². The Morgan fingerprint density at radius 1 is 1.36 bits per heavy atom. The summed E-state index contributed by atoms with van der Waals surface area (Å²) in [5.41, 5.74) is 8.47. The van der Waals surface area contributed by atoms with Crippen molar-refractivity contribution < 1.29 is 13.2 Å². The summed E-state index contributed by atoms with van der Waals surface area (Å²) in [4.78, 5) is 16.5. The first-order valence-corrected chi connectivity index (χ1v) is 10.3. The Kier molecular flexibility index (Phi) is 3.59. The number of piperidine rings is 1. The summed E-state index contributed by atoms with van der Waals surface area (Å²) in [6.45, 7) is 1.77. The number of likely N-dealkylation sites (tertiary alicyclic amines) is 1. The highest BCUT2D eigenvalue weighted by atomic mass is 32.2. The number of carbonyl (C=O) groups excluding carboxylic acids is 1. The Labute approximate surface area is 146 Å². The molecule has 2 unspecified atom stereocenters. The Morgan fingerprint density at radius 3 is 2.84 bits per heavy atom. The van der Waals surface area contributed by atoms with Gasteiger partial charge in [-0.25, -0.2) is 13.2 Å². The molecule has 0 saturated carbocycles. The lowest BCUT2D eigenvalue weighted by atomic mass is 9.70. The minimum absolute atomic E-state index is 0.327. The van der Waals surface area contributed by atoms with Crippen molar-refractivity contribution >= 4 is 26.8 Å². The maximum Gasteiger partial charge on any atom is 0.315 e. The van der Waals surface area contributed by atoms with Gasteiger partial charge in [-0.2, -0.15) is 0 Å². The molecule has 1 saturated heterocycles. The zero-order chi connectivity index (χ0) is 17.8. The standard InChI is InChI=1S/C17H22N4O3S/c1-25(23,24)14-8-17(6-7-21(14)16(18)22)10-19-9-13-15(17)11-4-2-3-5-12(11)20-13/h2-5,14,19-20H,6-10H2,1H3,(H2,18,22). The van der Waals surface area contributed by atoms with Crippen molar-refractivity contribution in [3.05, 3.63) is 35.5 Å². The number of para-hydroxylation sites is 1. The minimum Gasteiger partial charge on any atom is -0.357 e. The van der Waals surface area contributed by atoms with Gasteiger partial charge in [-0.3, -0.25) is 0 Å². The Hall–Kier alpha value is -2.06. The number of sulfone groups is 1. The summed E-state index contributed by atoms with van der Waals surface area (Å²) >= 11 is 0. The lowest BCUT2D eigenvalue weighted by Crippen LogP contribution is -2.59. The number of rotatable bonds is 1. The third-order valence-electron chi connectivity index (χ3n) is 5.60. The van der Waals surface area contributed by atoms with Gasteiger partial charge in [0.2, 0.25) is 0 Å². The van der Waals surface area contributed by atoms with Crippen LogP contribution in [0.4, 0.5) is 4.79 Å². The molecule has 134 valence electrons. The molecule has 8 heteroatoms. The Bertz CT molecular complexity index is 952. The quantitative estimate of drug-likeness (QED) is 0.705. The first kappa shape index (κ1) is 16.4. The highest BCUT2D eigenvalue weighted by Gasteiger charge is 2.48. The molecule has 2 aromatic rings. The zero-order valence-electron chi connectivity index (χ0n) is 14.1. The molecule has 1 aromatic carbocycles. The van der Waals surface area contributed by atoms with Crippen LogP contribution in [0.2, 0.25) is 0 Å². The summed E-state index contributed by atoms with van der Waals surface area (Å²) in [7, 11) is -3.45. The van der Waals surface area contributed by atoms with E-state index in [4.69, 9.17) is 5.73 Å². The maximum absolute atomic E-state index is 12.4. The van der Waals surface area contributed by atoms with Crippen LogP contribution in [0.5, 0.6) is 0 Å². The summed E-state index contributed by atoms with van der Waals surface area (Å²) in [6, 6.07) is 7.42. The molecule has 2 aliphatic rings. The zero-order valence-corrected chi connectivity index (χ0v) is 14.9. The van der Waals surface area contributed by atoms with Gasteiger partial charge < -0.3 is 20.9 Å².